The van der Waals surface area contributed by atoms with Crippen molar-refractivity contribution in [3.05, 3.63) is 63.6 Å². The molecule has 0 unspecified atom stereocenters. The number of amides is 2. The summed E-state index contributed by atoms with van der Waals surface area (Å²) in [5, 5.41) is 15.9. The molecule has 0 aliphatic carbocycles. The zero-order chi connectivity index (χ0) is 17.5. The van der Waals surface area contributed by atoms with Crippen molar-refractivity contribution in [2.24, 2.45) is 5.10 Å². The van der Waals surface area contributed by atoms with Crippen LogP contribution in [-0.2, 0) is 4.79 Å². The molecule has 0 heterocycles. The quantitative estimate of drug-likeness (QED) is 0.541. The molecule has 0 aliphatic heterocycles. The smallest absolute Gasteiger partial charge is 0.259 e. The highest BCUT2D eigenvalue weighted by atomic mass is 79.9. The Kier molecular flexibility index (Phi) is 6.08. The number of hydrogen-bond acceptors (Lipinski definition) is 4. The number of hydrogen-bond donors (Lipinski definition) is 3. The molecule has 0 atom stereocenters. The van der Waals surface area contributed by atoms with Gasteiger partial charge in [0.1, 0.15) is 5.75 Å². The van der Waals surface area contributed by atoms with Gasteiger partial charge in [0.25, 0.3) is 11.8 Å². The van der Waals surface area contributed by atoms with Crippen LogP contribution in [0.2, 0.25) is 0 Å². The normalized spacial score (nSPS) is 10.6. The first-order valence-corrected chi connectivity index (χ1v) is 7.90. The molecule has 2 aromatic carbocycles. The van der Waals surface area contributed by atoms with E-state index in [1.807, 2.05) is 13.0 Å². The van der Waals surface area contributed by atoms with Gasteiger partial charge in [0.05, 0.1) is 12.8 Å². The summed E-state index contributed by atoms with van der Waals surface area (Å²) in [6, 6.07) is 11.9. The lowest BCUT2D eigenvalue weighted by atomic mass is 10.1. The molecule has 0 radical (unpaired) electrons. The van der Waals surface area contributed by atoms with Crippen LogP contribution in [0.3, 0.4) is 0 Å². The van der Waals surface area contributed by atoms with Crippen LogP contribution in [0, 0.1) is 6.92 Å². The average Bonchev–Trinajstić information content (AvgIpc) is 2.56. The molecule has 0 aromatic heterocycles. The SMILES string of the molecule is Cc1cccc(C(=O)NCC(=O)N/N=C/c2cc(Br)ccc2O)c1. The van der Waals surface area contributed by atoms with Gasteiger partial charge in [-0.05, 0) is 37.3 Å². The Morgan fingerprint density at radius 3 is 2.79 bits per heavy atom. The Hall–Kier alpha value is -2.67. The Bertz CT molecular complexity index is 790. The lowest BCUT2D eigenvalue weighted by molar-refractivity contribution is -0.120. The standard InChI is InChI=1S/C17H16BrN3O3/c1-11-3-2-4-12(7-11)17(24)19-10-16(23)21-20-9-13-8-14(18)5-6-15(13)22/h2-9,22H,10H2,1H3,(H,19,24)(H,21,23)/b20-9+. The largest absolute Gasteiger partial charge is 0.507 e. The maximum atomic E-state index is 11.9. The lowest BCUT2D eigenvalue weighted by Gasteiger charge is -2.05. The Morgan fingerprint density at radius 1 is 1.25 bits per heavy atom. The molecule has 0 saturated heterocycles. The zero-order valence-corrected chi connectivity index (χ0v) is 14.5. The molecule has 0 spiro atoms. The summed E-state index contributed by atoms with van der Waals surface area (Å²) >= 11 is 3.28. The number of carbonyl (C=O) groups excluding carboxylic acids is 2. The van der Waals surface area contributed by atoms with Gasteiger partial charge in [0.15, 0.2) is 0 Å². The van der Waals surface area contributed by atoms with Crippen molar-refractivity contribution in [1.29, 1.82) is 0 Å². The van der Waals surface area contributed by atoms with E-state index in [1.54, 1.807) is 30.3 Å². The number of aryl methyl sites for hydroxylation is 1. The number of phenolic OH excluding ortho intramolecular Hbond substituents is 1. The van der Waals surface area contributed by atoms with Gasteiger partial charge < -0.3 is 10.4 Å². The fraction of sp³-hybridized carbons (Fsp3) is 0.118. The van der Waals surface area contributed by atoms with E-state index in [9.17, 15) is 14.7 Å². The second kappa shape index (κ2) is 8.26. The van der Waals surface area contributed by atoms with Crippen molar-refractivity contribution in [3.8, 4) is 5.75 Å². The van der Waals surface area contributed by atoms with Crippen LogP contribution in [0.5, 0.6) is 5.75 Å². The van der Waals surface area contributed by atoms with E-state index in [4.69, 9.17) is 0 Å². The number of aromatic hydroxyl groups is 1. The van der Waals surface area contributed by atoms with Gasteiger partial charge in [-0.2, -0.15) is 5.10 Å². The molecule has 2 rings (SSSR count). The molecular formula is C17H16BrN3O3. The van der Waals surface area contributed by atoms with Gasteiger partial charge in [0.2, 0.25) is 0 Å². The van der Waals surface area contributed by atoms with E-state index in [0.717, 1.165) is 10.0 Å². The minimum atomic E-state index is -0.471. The summed E-state index contributed by atoms with van der Waals surface area (Å²) in [6.45, 7) is 1.68. The Labute approximate surface area is 147 Å². The monoisotopic (exact) mass is 389 g/mol. The van der Waals surface area contributed by atoms with Crippen molar-refractivity contribution in [2.75, 3.05) is 6.54 Å². The first-order chi connectivity index (χ1) is 11.5. The van der Waals surface area contributed by atoms with Crippen molar-refractivity contribution < 1.29 is 14.7 Å². The first kappa shape index (κ1) is 17.7. The summed E-state index contributed by atoms with van der Waals surface area (Å²) in [5.74, 6) is -0.756. The highest BCUT2D eigenvalue weighted by Gasteiger charge is 2.07. The van der Waals surface area contributed by atoms with E-state index in [2.05, 4.69) is 31.8 Å². The van der Waals surface area contributed by atoms with Gasteiger partial charge in [-0.15, -0.1) is 0 Å². The molecule has 3 N–H and O–H groups in total. The molecule has 2 aromatic rings. The summed E-state index contributed by atoms with van der Waals surface area (Å²) in [6.07, 6.45) is 1.32. The van der Waals surface area contributed by atoms with E-state index >= 15 is 0 Å². The number of hydrazone groups is 1. The van der Waals surface area contributed by atoms with Gasteiger partial charge in [-0.25, -0.2) is 5.43 Å². The van der Waals surface area contributed by atoms with Crippen LogP contribution in [0.15, 0.2) is 52.0 Å². The van der Waals surface area contributed by atoms with Crippen molar-refractivity contribution in [3.63, 3.8) is 0 Å². The second-order valence-electron chi connectivity index (χ2n) is 5.05. The molecule has 7 heteroatoms. The maximum absolute atomic E-state index is 11.9. The highest BCUT2D eigenvalue weighted by molar-refractivity contribution is 9.10. The van der Waals surface area contributed by atoms with Crippen molar-refractivity contribution >= 4 is 34.0 Å². The summed E-state index contributed by atoms with van der Waals surface area (Å²) < 4.78 is 0.776. The van der Waals surface area contributed by atoms with Crippen LogP contribution >= 0.6 is 15.9 Å². The number of nitrogens with zero attached hydrogens (tertiary/aromatic N) is 1. The number of nitrogens with one attached hydrogen (secondary N) is 2. The minimum Gasteiger partial charge on any atom is -0.507 e. The highest BCUT2D eigenvalue weighted by Crippen LogP contribution is 2.19. The van der Waals surface area contributed by atoms with E-state index in [-0.39, 0.29) is 18.2 Å². The molecule has 0 fully saturated rings. The molecule has 0 saturated carbocycles. The fourth-order valence-corrected chi connectivity index (χ4v) is 2.27. The predicted octanol–water partition coefficient (Wildman–Crippen LogP) is 2.34. The van der Waals surface area contributed by atoms with Gasteiger partial charge in [-0.1, -0.05) is 33.6 Å². The number of rotatable bonds is 5. The van der Waals surface area contributed by atoms with Gasteiger partial charge in [0, 0.05) is 15.6 Å². The molecule has 0 bridgehead atoms. The average molecular weight is 390 g/mol. The molecule has 24 heavy (non-hydrogen) atoms. The van der Waals surface area contributed by atoms with E-state index in [1.165, 1.54) is 12.3 Å². The van der Waals surface area contributed by atoms with E-state index < -0.39 is 5.91 Å². The third kappa shape index (κ3) is 5.20. The number of phenols is 1. The number of halogens is 1. The fourth-order valence-electron chi connectivity index (χ4n) is 1.89. The Balaban J connectivity index is 1.84. The summed E-state index contributed by atoms with van der Waals surface area (Å²) in [5.41, 5.74) is 4.19. The molecule has 124 valence electrons. The Morgan fingerprint density at radius 2 is 2.04 bits per heavy atom. The minimum absolute atomic E-state index is 0.0453. The first-order valence-electron chi connectivity index (χ1n) is 7.11. The van der Waals surface area contributed by atoms with Crippen molar-refractivity contribution in [1.82, 2.24) is 10.7 Å². The predicted molar refractivity (Wildman–Crippen MR) is 95.1 cm³/mol. The maximum Gasteiger partial charge on any atom is 0.259 e. The second-order valence-corrected chi connectivity index (χ2v) is 5.96. The van der Waals surface area contributed by atoms with Crippen LogP contribution in [0.1, 0.15) is 21.5 Å². The molecular weight excluding hydrogens is 374 g/mol. The zero-order valence-electron chi connectivity index (χ0n) is 12.9. The van der Waals surface area contributed by atoms with Crippen LogP contribution < -0.4 is 10.7 Å². The third-order valence-electron chi connectivity index (χ3n) is 3.07. The summed E-state index contributed by atoms with van der Waals surface area (Å²) in [7, 11) is 0. The molecule has 0 aliphatic rings. The molecule has 2 amide bonds. The van der Waals surface area contributed by atoms with Gasteiger partial charge >= 0.3 is 0 Å². The van der Waals surface area contributed by atoms with Crippen LogP contribution in [-0.4, -0.2) is 29.7 Å². The third-order valence-corrected chi connectivity index (χ3v) is 3.57. The molecule has 6 nitrogen and oxygen atoms in total. The number of benzene rings is 2. The van der Waals surface area contributed by atoms with E-state index in [0.29, 0.717) is 11.1 Å². The number of carbonyl (C=O) groups is 2. The van der Waals surface area contributed by atoms with Crippen LogP contribution in [0.25, 0.3) is 0 Å². The summed E-state index contributed by atoms with van der Waals surface area (Å²) in [4.78, 5) is 23.6. The van der Waals surface area contributed by atoms with Crippen LogP contribution in [0.4, 0.5) is 0 Å². The lowest BCUT2D eigenvalue weighted by Crippen LogP contribution is -2.34. The van der Waals surface area contributed by atoms with Crippen molar-refractivity contribution in [2.45, 2.75) is 6.92 Å². The van der Waals surface area contributed by atoms with Gasteiger partial charge in [-0.3, -0.25) is 9.59 Å². The topological polar surface area (TPSA) is 90.8 Å².